The zero-order chi connectivity index (χ0) is 17.1. The summed E-state index contributed by atoms with van der Waals surface area (Å²) in [5.74, 6) is 2.07. The molecule has 2 aromatic heterocycles. The topological polar surface area (TPSA) is 46.5 Å². The third-order valence-corrected chi connectivity index (χ3v) is 5.12. The monoisotopic (exact) mass is 368 g/mol. The molecular formula is C19H17ClN4S. The zero-order valence-corrected chi connectivity index (χ0v) is 15.1. The van der Waals surface area contributed by atoms with Crippen LogP contribution < -0.4 is 0 Å². The van der Waals surface area contributed by atoms with Crippen molar-refractivity contribution in [2.45, 2.75) is 17.5 Å². The summed E-state index contributed by atoms with van der Waals surface area (Å²) in [6.45, 7) is 0.645. The van der Waals surface area contributed by atoms with Crippen LogP contribution in [0, 0.1) is 0 Å². The lowest BCUT2D eigenvalue weighted by Gasteiger charge is -2.03. The second-order valence-electron chi connectivity index (χ2n) is 5.67. The van der Waals surface area contributed by atoms with Crippen molar-refractivity contribution in [1.29, 1.82) is 0 Å². The third-order valence-electron chi connectivity index (χ3n) is 3.92. The summed E-state index contributed by atoms with van der Waals surface area (Å²) in [5, 5.41) is 6.69. The number of benzene rings is 2. The Balaban J connectivity index is 1.62. The first-order chi connectivity index (χ1) is 12.3. The number of aromatic amines is 1. The number of nitrogens with one attached hydrogen (secondary N) is 1. The average molecular weight is 369 g/mol. The Labute approximate surface area is 155 Å². The van der Waals surface area contributed by atoms with Gasteiger partial charge in [-0.1, -0.05) is 60.3 Å². The minimum Gasteiger partial charge on any atom is -0.352 e. The van der Waals surface area contributed by atoms with Crippen molar-refractivity contribution in [2.75, 3.05) is 5.88 Å². The third kappa shape index (κ3) is 3.57. The van der Waals surface area contributed by atoms with Gasteiger partial charge in [0, 0.05) is 22.5 Å². The molecule has 0 saturated carbocycles. The maximum atomic E-state index is 5.94. The second-order valence-corrected chi connectivity index (χ2v) is 7.00. The molecule has 1 N–H and O–H groups in total. The molecule has 0 aliphatic heterocycles. The van der Waals surface area contributed by atoms with E-state index in [-0.39, 0.29) is 0 Å². The molecule has 6 heteroatoms. The highest BCUT2D eigenvalue weighted by Crippen LogP contribution is 2.26. The Kier molecular flexibility index (Phi) is 4.76. The first kappa shape index (κ1) is 16.2. The number of hydrogen-bond donors (Lipinski definition) is 1. The summed E-state index contributed by atoms with van der Waals surface area (Å²) >= 11 is 7.62. The van der Waals surface area contributed by atoms with Crippen LogP contribution in [-0.2, 0) is 12.3 Å². The molecule has 0 aliphatic rings. The van der Waals surface area contributed by atoms with Crippen molar-refractivity contribution in [1.82, 2.24) is 19.7 Å². The van der Waals surface area contributed by atoms with Gasteiger partial charge in [-0.2, -0.15) is 4.98 Å². The zero-order valence-electron chi connectivity index (χ0n) is 13.5. The van der Waals surface area contributed by atoms with Crippen molar-refractivity contribution in [3.63, 3.8) is 0 Å². The van der Waals surface area contributed by atoms with Gasteiger partial charge in [0.15, 0.2) is 11.0 Å². The maximum absolute atomic E-state index is 5.94. The fraction of sp³-hybridized carbons (Fsp3) is 0.158. The van der Waals surface area contributed by atoms with Crippen molar-refractivity contribution in [3.05, 3.63) is 66.2 Å². The standard InChI is InChI=1S/C19H17ClN4S/c20-10-11-24-19(25-13-14-6-2-1-3-7-14)22-18(23-24)17-12-15-8-4-5-9-16(15)21-17/h1-9,12,21H,10-11,13H2. The van der Waals surface area contributed by atoms with Gasteiger partial charge in [-0.3, -0.25) is 0 Å². The van der Waals surface area contributed by atoms with Gasteiger partial charge in [-0.05, 0) is 17.7 Å². The van der Waals surface area contributed by atoms with Gasteiger partial charge < -0.3 is 4.98 Å². The molecule has 2 aromatic carbocycles. The highest BCUT2D eigenvalue weighted by atomic mass is 35.5. The van der Waals surface area contributed by atoms with Crippen LogP contribution in [0.5, 0.6) is 0 Å². The fourth-order valence-corrected chi connectivity index (χ4v) is 3.77. The van der Waals surface area contributed by atoms with E-state index in [9.17, 15) is 0 Å². The number of alkyl halides is 1. The minimum absolute atomic E-state index is 0.508. The van der Waals surface area contributed by atoms with E-state index >= 15 is 0 Å². The van der Waals surface area contributed by atoms with Gasteiger partial charge in [-0.25, -0.2) is 4.68 Å². The highest BCUT2D eigenvalue weighted by Gasteiger charge is 2.14. The Hall–Kier alpha value is -2.24. The molecule has 4 rings (SSSR count). The summed E-state index contributed by atoms with van der Waals surface area (Å²) in [6, 6.07) is 20.6. The Morgan fingerprint density at radius 1 is 1.04 bits per heavy atom. The molecule has 0 spiro atoms. The van der Waals surface area contributed by atoms with Crippen molar-refractivity contribution >= 4 is 34.3 Å². The molecule has 126 valence electrons. The van der Waals surface area contributed by atoms with Crippen LogP contribution >= 0.6 is 23.4 Å². The van der Waals surface area contributed by atoms with E-state index in [1.165, 1.54) is 5.56 Å². The van der Waals surface area contributed by atoms with Crippen LogP contribution in [0.15, 0.2) is 65.8 Å². The number of halogens is 1. The van der Waals surface area contributed by atoms with E-state index in [4.69, 9.17) is 16.6 Å². The quantitative estimate of drug-likeness (QED) is 0.386. The number of hydrogen-bond acceptors (Lipinski definition) is 3. The van der Waals surface area contributed by atoms with Gasteiger partial charge >= 0.3 is 0 Å². The Morgan fingerprint density at radius 3 is 2.64 bits per heavy atom. The van der Waals surface area contributed by atoms with Gasteiger partial charge in [0.1, 0.15) is 0 Å². The van der Waals surface area contributed by atoms with Crippen molar-refractivity contribution in [2.24, 2.45) is 0 Å². The summed E-state index contributed by atoms with van der Waals surface area (Å²) in [4.78, 5) is 8.12. The first-order valence-electron chi connectivity index (χ1n) is 8.09. The summed E-state index contributed by atoms with van der Waals surface area (Å²) < 4.78 is 1.89. The molecular weight excluding hydrogens is 352 g/mol. The van der Waals surface area contributed by atoms with Crippen molar-refractivity contribution in [3.8, 4) is 11.5 Å². The Bertz CT molecular complexity index is 944. The lowest BCUT2D eigenvalue weighted by molar-refractivity contribution is 0.600. The smallest absolute Gasteiger partial charge is 0.198 e. The maximum Gasteiger partial charge on any atom is 0.198 e. The predicted octanol–water partition coefficient (Wildman–Crippen LogP) is 4.96. The number of para-hydroxylation sites is 1. The number of aromatic nitrogens is 4. The largest absolute Gasteiger partial charge is 0.352 e. The molecule has 0 radical (unpaired) electrons. The fourth-order valence-electron chi connectivity index (χ4n) is 2.69. The molecule has 0 amide bonds. The van der Waals surface area contributed by atoms with Crippen LogP contribution in [0.25, 0.3) is 22.4 Å². The van der Waals surface area contributed by atoms with Gasteiger partial charge in [0.25, 0.3) is 0 Å². The lowest BCUT2D eigenvalue weighted by Crippen LogP contribution is -2.03. The van der Waals surface area contributed by atoms with Crippen molar-refractivity contribution < 1.29 is 0 Å². The number of H-pyrrole nitrogens is 1. The number of aryl methyl sites for hydroxylation is 1. The molecule has 2 heterocycles. The molecule has 0 unspecified atom stereocenters. The average Bonchev–Trinajstić information content (AvgIpc) is 3.25. The number of fused-ring (bicyclic) bond motifs is 1. The van der Waals surface area contributed by atoms with Crippen LogP contribution in [0.2, 0.25) is 0 Å². The molecule has 0 aliphatic carbocycles. The van der Waals surface area contributed by atoms with E-state index in [2.05, 4.69) is 52.5 Å². The summed E-state index contributed by atoms with van der Waals surface area (Å²) in [7, 11) is 0. The molecule has 4 aromatic rings. The summed E-state index contributed by atoms with van der Waals surface area (Å²) in [5.41, 5.74) is 3.28. The van der Waals surface area contributed by atoms with E-state index in [1.807, 2.05) is 22.9 Å². The summed E-state index contributed by atoms with van der Waals surface area (Å²) in [6.07, 6.45) is 0. The van der Waals surface area contributed by atoms with E-state index < -0.39 is 0 Å². The Morgan fingerprint density at radius 2 is 1.84 bits per heavy atom. The van der Waals surface area contributed by atoms with E-state index in [0.717, 1.165) is 27.5 Å². The molecule has 0 saturated heterocycles. The highest BCUT2D eigenvalue weighted by molar-refractivity contribution is 7.98. The van der Waals surface area contributed by atoms with Crippen LogP contribution in [-0.4, -0.2) is 25.6 Å². The minimum atomic E-state index is 0.508. The van der Waals surface area contributed by atoms with Gasteiger partial charge in [0.05, 0.1) is 12.2 Å². The van der Waals surface area contributed by atoms with E-state index in [1.54, 1.807) is 11.8 Å². The van der Waals surface area contributed by atoms with E-state index in [0.29, 0.717) is 18.2 Å². The van der Waals surface area contributed by atoms with Gasteiger partial charge in [0.2, 0.25) is 0 Å². The van der Waals surface area contributed by atoms with Crippen LogP contribution in [0.4, 0.5) is 0 Å². The number of nitrogens with zero attached hydrogens (tertiary/aromatic N) is 3. The lowest BCUT2D eigenvalue weighted by atomic mass is 10.2. The SMILES string of the molecule is ClCCn1nc(-c2cc3ccccc3[nH]2)nc1SCc1ccccc1. The normalized spacial score (nSPS) is 11.2. The molecule has 0 bridgehead atoms. The van der Waals surface area contributed by atoms with Crippen LogP contribution in [0.3, 0.4) is 0 Å². The molecule has 0 fully saturated rings. The first-order valence-corrected chi connectivity index (χ1v) is 9.61. The van der Waals surface area contributed by atoms with Crippen LogP contribution in [0.1, 0.15) is 5.56 Å². The molecule has 4 nitrogen and oxygen atoms in total. The number of rotatable bonds is 6. The number of thioether (sulfide) groups is 1. The molecule has 25 heavy (non-hydrogen) atoms. The predicted molar refractivity (Wildman–Crippen MR) is 104 cm³/mol. The molecule has 0 atom stereocenters. The van der Waals surface area contributed by atoms with Gasteiger partial charge in [-0.15, -0.1) is 16.7 Å². The second kappa shape index (κ2) is 7.33.